The zero-order valence-corrected chi connectivity index (χ0v) is 27.8. The minimum atomic E-state index is -0.414. The van der Waals surface area contributed by atoms with Crippen LogP contribution in [0.4, 0.5) is 0 Å². The fourth-order valence-corrected chi connectivity index (χ4v) is 8.97. The van der Waals surface area contributed by atoms with Gasteiger partial charge in [-0.3, -0.25) is 4.98 Å². The minimum Gasteiger partial charge on any atom is -0.256 e. The van der Waals surface area contributed by atoms with Crippen LogP contribution in [0.15, 0.2) is 186 Å². The Labute approximate surface area is 295 Å². The summed E-state index contributed by atoms with van der Waals surface area (Å²) >= 11 is 1.86. The summed E-state index contributed by atoms with van der Waals surface area (Å²) in [5.74, 6) is 0.695. The number of nitrogens with zero attached hydrogens (tertiary/aromatic N) is 3. The number of rotatable bonds is 4. The quantitative estimate of drug-likeness (QED) is 0.189. The number of aromatic nitrogens is 3. The Kier molecular flexibility index (Phi) is 6.64. The molecule has 0 amide bonds. The molecule has 3 nitrogen and oxygen atoms in total. The van der Waals surface area contributed by atoms with Crippen LogP contribution in [0, 0.1) is 0 Å². The van der Waals surface area contributed by atoms with Gasteiger partial charge in [-0.25, -0.2) is 9.97 Å². The molecule has 234 valence electrons. The standard InChI is InChI=1S/C46H29N3S/c1-3-13-30(14-4-1)41-28-42(49-45(48-41)31-15-5-2-6-16-31)33-23-25-40(47-29-33)32-24-26-44-39(27-32)46(38-21-11-12-22-43(38)50-44)36-19-9-7-17-34(36)35-18-8-10-20-37(35)46/h1-29H. The molecule has 0 atom stereocenters. The Balaban J connectivity index is 1.11. The fourth-order valence-electron chi connectivity index (χ4n) is 7.80. The molecule has 1 spiro atoms. The van der Waals surface area contributed by atoms with Gasteiger partial charge in [0.2, 0.25) is 0 Å². The van der Waals surface area contributed by atoms with E-state index < -0.39 is 5.41 Å². The lowest BCUT2D eigenvalue weighted by atomic mass is 9.67. The Hall–Kier alpha value is -6.10. The first-order chi connectivity index (χ1) is 24.8. The molecule has 8 aromatic rings. The Morgan fingerprint density at radius 3 is 1.62 bits per heavy atom. The summed E-state index contributed by atoms with van der Waals surface area (Å²) in [4.78, 5) is 17.6. The van der Waals surface area contributed by atoms with Gasteiger partial charge >= 0.3 is 0 Å². The zero-order valence-electron chi connectivity index (χ0n) is 27.0. The van der Waals surface area contributed by atoms with E-state index in [0.717, 1.165) is 39.3 Å². The zero-order chi connectivity index (χ0) is 33.1. The van der Waals surface area contributed by atoms with Crippen molar-refractivity contribution in [2.45, 2.75) is 15.2 Å². The number of hydrogen-bond acceptors (Lipinski definition) is 4. The average Bonchev–Trinajstić information content (AvgIpc) is 3.49. The normalized spacial score (nSPS) is 13.3. The third-order valence-electron chi connectivity index (χ3n) is 10.0. The summed E-state index contributed by atoms with van der Waals surface area (Å²) in [6.45, 7) is 0. The molecule has 1 aliphatic carbocycles. The van der Waals surface area contributed by atoms with Crippen molar-refractivity contribution < 1.29 is 0 Å². The number of pyridine rings is 1. The molecule has 2 aliphatic rings. The molecule has 4 heteroatoms. The molecule has 1 aliphatic heterocycles. The molecular weight excluding hydrogens is 627 g/mol. The SMILES string of the molecule is c1ccc(-c2cc(-c3ccc(-c4ccc5c(c4)C4(c6ccccc6S5)c5ccccc5-c5ccccc54)nc3)nc(-c3ccccc3)n2)cc1. The van der Waals surface area contributed by atoms with Crippen LogP contribution < -0.4 is 0 Å². The van der Waals surface area contributed by atoms with Gasteiger partial charge in [-0.15, -0.1) is 0 Å². The van der Waals surface area contributed by atoms with E-state index in [1.807, 2.05) is 54.4 Å². The van der Waals surface area contributed by atoms with Crippen LogP contribution in [0.2, 0.25) is 0 Å². The first-order valence-electron chi connectivity index (χ1n) is 16.9. The Bertz CT molecular complexity index is 2460. The molecule has 0 bridgehead atoms. The van der Waals surface area contributed by atoms with E-state index in [4.69, 9.17) is 15.0 Å². The van der Waals surface area contributed by atoms with E-state index in [2.05, 4.69) is 133 Å². The Morgan fingerprint density at radius 2 is 0.940 bits per heavy atom. The van der Waals surface area contributed by atoms with Crippen molar-refractivity contribution >= 4 is 11.8 Å². The molecule has 2 aromatic heterocycles. The molecule has 0 unspecified atom stereocenters. The summed E-state index contributed by atoms with van der Waals surface area (Å²) in [6.07, 6.45) is 1.95. The van der Waals surface area contributed by atoms with E-state index in [0.29, 0.717) is 5.82 Å². The van der Waals surface area contributed by atoms with Crippen LogP contribution >= 0.6 is 11.8 Å². The maximum atomic E-state index is 5.06. The van der Waals surface area contributed by atoms with E-state index in [-0.39, 0.29) is 0 Å². The Morgan fingerprint density at radius 1 is 0.380 bits per heavy atom. The third kappa shape index (κ3) is 4.42. The topological polar surface area (TPSA) is 38.7 Å². The first kappa shape index (κ1) is 28.9. The molecule has 50 heavy (non-hydrogen) atoms. The highest BCUT2D eigenvalue weighted by Gasteiger charge is 2.50. The second kappa shape index (κ2) is 11.5. The number of benzene rings is 6. The molecule has 3 heterocycles. The summed E-state index contributed by atoms with van der Waals surface area (Å²) < 4.78 is 0. The first-order valence-corrected chi connectivity index (χ1v) is 17.7. The van der Waals surface area contributed by atoms with Gasteiger partial charge in [-0.2, -0.15) is 0 Å². The van der Waals surface area contributed by atoms with Crippen molar-refractivity contribution in [2.75, 3.05) is 0 Å². The van der Waals surface area contributed by atoms with Crippen molar-refractivity contribution in [1.29, 1.82) is 0 Å². The van der Waals surface area contributed by atoms with E-state index in [1.54, 1.807) is 0 Å². The summed E-state index contributed by atoms with van der Waals surface area (Å²) in [6, 6.07) is 60.4. The van der Waals surface area contributed by atoms with E-state index in [9.17, 15) is 0 Å². The molecular formula is C46H29N3S. The van der Waals surface area contributed by atoms with E-state index >= 15 is 0 Å². The van der Waals surface area contributed by atoms with Crippen LogP contribution in [0.25, 0.3) is 56.3 Å². The van der Waals surface area contributed by atoms with Gasteiger partial charge in [-0.05, 0) is 69.8 Å². The van der Waals surface area contributed by atoms with Crippen LogP contribution in [-0.4, -0.2) is 15.0 Å². The molecule has 0 radical (unpaired) electrons. The summed E-state index contributed by atoms with van der Waals surface area (Å²) in [7, 11) is 0. The van der Waals surface area contributed by atoms with Crippen LogP contribution in [-0.2, 0) is 5.41 Å². The molecule has 0 N–H and O–H groups in total. The maximum absolute atomic E-state index is 5.06. The van der Waals surface area contributed by atoms with E-state index in [1.165, 1.54) is 43.2 Å². The molecule has 10 rings (SSSR count). The van der Waals surface area contributed by atoms with Gasteiger partial charge in [0.15, 0.2) is 5.82 Å². The molecule has 0 saturated heterocycles. The van der Waals surface area contributed by atoms with Crippen molar-refractivity contribution in [2.24, 2.45) is 0 Å². The molecule has 6 aromatic carbocycles. The highest BCUT2D eigenvalue weighted by molar-refractivity contribution is 7.99. The predicted molar refractivity (Wildman–Crippen MR) is 203 cm³/mol. The van der Waals surface area contributed by atoms with Crippen molar-refractivity contribution in [3.05, 3.63) is 198 Å². The van der Waals surface area contributed by atoms with Gasteiger partial charge in [0.05, 0.1) is 22.5 Å². The maximum Gasteiger partial charge on any atom is 0.160 e. The van der Waals surface area contributed by atoms with Crippen molar-refractivity contribution in [3.8, 4) is 56.3 Å². The minimum absolute atomic E-state index is 0.414. The van der Waals surface area contributed by atoms with Gasteiger partial charge < -0.3 is 0 Å². The highest BCUT2D eigenvalue weighted by Crippen LogP contribution is 2.62. The highest BCUT2D eigenvalue weighted by atomic mass is 32.2. The summed E-state index contributed by atoms with van der Waals surface area (Å²) in [5.41, 5.74) is 14.2. The van der Waals surface area contributed by atoms with Gasteiger partial charge in [0, 0.05) is 38.2 Å². The third-order valence-corrected chi connectivity index (χ3v) is 11.2. The van der Waals surface area contributed by atoms with Gasteiger partial charge in [-0.1, -0.05) is 145 Å². The monoisotopic (exact) mass is 655 g/mol. The average molecular weight is 656 g/mol. The lowest BCUT2D eigenvalue weighted by molar-refractivity contribution is 0.722. The van der Waals surface area contributed by atoms with Crippen LogP contribution in [0.3, 0.4) is 0 Å². The smallest absolute Gasteiger partial charge is 0.160 e. The van der Waals surface area contributed by atoms with Crippen molar-refractivity contribution in [3.63, 3.8) is 0 Å². The summed E-state index contributed by atoms with van der Waals surface area (Å²) in [5, 5.41) is 0. The second-order valence-corrected chi connectivity index (χ2v) is 13.9. The van der Waals surface area contributed by atoms with Gasteiger partial charge in [0.25, 0.3) is 0 Å². The lowest BCUT2D eigenvalue weighted by Crippen LogP contribution is -2.32. The lowest BCUT2D eigenvalue weighted by Gasteiger charge is -2.39. The van der Waals surface area contributed by atoms with Crippen LogP contribution in [0.5, 0.6) is 0 Å². The van der Waals surface area contributed by atoms with Gasteiger partial charge in [0.1, 0.15) is 0 Å². The largest absolute Gasteiger partial charge is 0.256 e. The van der Waals surface area contributed by atoms with Crippen LogP contribution in [0.1, 0.15) is 22.3 Å². The molecule has 0 saturated carbocycles. The number of hydrogen-bond donors (Lipinski definition) is 0. The predicted octanol–water partition coefficient (Wildman–Crippen LogP) is 11.4. The van der Waals surface area contributed by atoms with Crippen molar-refractivity contribution in [1.82, 2.24) is 15.0 Å². The fraction of sp³-hybridized carbons (Fsp3) is 0.0217. The second-order valence-electron chi connectivity index (χ2n) is 12.8. The molecule has 0 fully saturated rings. The number of fused-ring (bicyclic) bond motifs is 9.